The van der Waals surface area contributed by atoms with Gasteiger partial charge in [-0.15, -0.1) is 0 Å². The van der Waals surface area contributed by atoms with Crippen LogP contribution in [0, 0.1) is 13.8 Å². The van der Waals surface area contributed by atoms with Crippen LogP contribution in [0.4, 0.5) is 4.79 Å². The van der Waals surface area contributed by atoms with Crippen LogP contribution >= 0.6 is 0 Å². The van der Waals surface area contributed by atoms with Crippen molar-refractivity contribution in [1.29, 1.82) is 0 Å². The van der Waals surface area contributed by atoms with E-state index in [2.05, 4.69) is 0 Å². The highest BCUT2D eigenvalue weighted by Crippen LogP contribution is 2.09. The molecule has 168 valence electrons. The zero-order chi connectivity index (χ0) is 23.8. The highest BCUT2D eigenvalue weighted by Gasteiger charge is 2.20. The van der Waals surface area contributed by atoms with Gasteiger partial charge in [-0.1, -0.05) is 35.4 Å². The van der Waals surface area contributed by atoms with E-state index in [1.54, 1.807) is 24.3 Å². The van der Waals surface area contributed by atoms with Gasteiger partial charge in [0.05, 0.1) is 9.79 Å². The van der Waals surface area contributed by atoms with Gasteiger partial charge in [0.25, 0.3) is 20.2 Å². The monoisotopic (exact) mass is 472 g/mol. The Morgan fingerprint density at radius 3 is 1.16 bits per heavy atom. The lowest BCUT2D eigenvalue weighted by atomic mass is 10.2. The van der Waals surface area contributed by atoms with Gasteiger partial charge in [0.2, 0.25) is 11.8 Å². The van der Waals surface area contributed by atoms with E-state index >= 15 is 0 Å². The number of hydrogen-bond acceptors (Lipinski definition) is 7. The second-order valence-electron chi connectivity index (χ2n) is 6.18. The molecule has 1 fully saturated rings. The van der Waals surface area contributed by atoms with Crippen molar-refractivity contribution >= 4 is 38.1 Å². The summed E-state index contributed by atoms with van der Waals surface area (Å²) in [5.41, 5.74) is 1.91. The summed E-state index contributed by atoms with van der Waals surface area (Å²) in [5.74, 6) is -1.10. The molecule has 0 unspecified atom stereocenters. The second kappa shape index (κ2) is 10.8. The number of rotatable bonds is 2. The van der Waals surface area contributed by atoms with Crippen LogP contribution in [0.15, 0.2) is 58.3 Å². The van der Waals surface area contributed by atoms with Crippen LogP contribution in [-0.2, 0) is 29.8 Å². The van der Waals surface area contributed by atoms with Crippen molar-refractivity contribution < 1.29 is 40.3 Å². The molecule has 0 radical (unpaired) electrons. The van der Waals surface area contributed by atoms with Crippen LogP contribution in [0.25, 0.3) is 0 Å². The Balaban J connectivity index is 0.000000234. The molecule has 0 spiro atoms. The number of benzene rings is 2. The Kier molecular flexibility index (Phi) is 9.00. The third-order valence-corrected chi connectivity index (χ3v) is 5.20. The molecule has 2 aromatic rings. The van der Waals surface area contributed by atoms with Crippen LogP contribution in [0.5, 0.6) is 0 Å². The van der Waals surface area contributed by atoms with Crippen LogP contribution in [0.2, 0.25) is 0 Å². The fourth-order valence-electron chi connectivity index (χ4n) is 1.94. The minimum Gasteiger partial charge on any atom is -0.282 e. The smallest absolute Gasteiger partial charge is 0.282 e. The predicted octanol–water partition coefficient (Wildman–Crippen LogP) is 1.23. The van der Waals surface area contributed by atoms with E-state index < -0.39 is 38.1 Å². The molecule has 1 heterocycles. The van der Waals surface area contributed by atoms with E-state index in [1.165, 1.54) is 24.3 Å². The molecule has 0 bridgehead atoms. The van der Waals surface area contributed by atoms with Crippen molar-refractivity contribution in [2.24, 2.45) is 0 Å². The zero-order valence-corrected chi connectivity index (χ0v) is 18.0. The lowest BCUT2D eigenvalue weighted by molar-refractivity contribution is -0.129. The van der Waals surface area contributed by atoms with E-state index in [4.69, 9.17) is 9.11 Å². The number of aryl methyl sites for hydroxylation is 2. The maximum absolute atomic E-state index is 10.5. The number of amides is 4. The molecule has 0 aromatic heterocycles. The van der Waals surface area contributed by atoms with Gasteiger partial charge >= 0.3 is 6.03 Å². The first kappa shape index (κ1) is 25.9. The summed E-state index contributed by atoms with van der Waals surface area (Å²) in [6, 6.07) is 11.2. The number of nitrogens with one attached hydrogen (secondary N) is 2. The maximum Gasteiger partial charge on any atom is 0.328 e. The fourth-order valence-corrected chi connectivity index (χ4v) is 2.90. The van der Waals surface area contributed by atoms with Crippen LogP contribution in [-0.4, -0.2) is 43.8 Å². The van der Waals surface area contributed by atoms with E-state index in [1.807, 2.05) is 24.5 Å². The minimum atomic E-state index is -4.02. The average Bonchev–Trinajstić information content (AvgIpc) is 2.61. The van der Waals surface area contributed by atoms with Crippen LogP contribution in [0.1, 0.15) is 17.5 Å². The summed E-state index contributed by atoms with van der Waals surface area (Å²) in [6.07, 6.45) is -0.258. The molecule has 13 heteroatoms. The normalized spacial score (nSPS) is 13.6. The molecule has 4 N–H and O–H groups in total. The van der Waals surface area contributed by atoms with E-state index in [0.29, 0.717) is 0 Å². The van der Waals surface area contributed by atoms with Crippen LogP contribution in [0.3, 0.4) is 0 Å². The van der Waals surface area contributed by atoms with Gasteiger partial charge in [0.15, 0.2) is 0 Å². The van der Waals surface area contributed by atoms with Crippen molar-refractivity contribution in [3.63, 3.8) is 0 Å². The number of carbonyl (C=O) groups is 3. The molecule has 11 nitrogen and oxygen atoms in total. The summed E-state index contributed by atoms with van der Waals surface area (Å²) in [7, 11) is -8.04. The van der Waals surface area contributed by atoms with E-state index in [-0.39, 0.29) is 16.2 Å². The zero-order valence-electron chi connectivity index (χ0n) is 16.4. The molecule has 0 saturated carbocycles. The highest BCUT2D eigenvalue weighted by atomic mass is 32.2. The molecule has 0 aliphatic carbocycles. The van der Waals surface area contributed by atoms with Gasteiger partial charge in [-0.3, -0.25) is 29.3 Å². The minimum absolute atomic E-state index is 0.0666. The number of imide groups is 2. The Hall–Kier alpha value is -3.13. The van der Waals surface area contributed by atoms with Crippen LogP contribution < -0.4 is 10.6 Å². The van der Waals surface area contributed by atoms with Crippen molar-refractivity contribution in [2.45, 2.75) is 30.1 Å². The molecule has 1 aliphatic rings. The molecule has 1 aliphatic heterocycles. The maximum atomic E-state index is 10.5. The Morgan fingerprint density at radius 2 is 0.935 bits per heavy atom. The van der Waals surface area contributed by atoms with Crippen molar-refractivity contribution in [3.8, 4) is 0 Å². The Labute approximate surface area is 179 Å². The van der Waals surface area contributed by atoms with Gasteiger partial charge in [-0.05, 0) is 38.1 Å². The van der Waals surface area contributed by atoms with Crippen molar-refractivity contribution in [1.82, 2.24) is 10.6 Å². The van der Waals surface area contributed by atoms with Gasteiger partial charge < -0.3 is 0 Å². The summed E-state index contributed by atoms with van der Waals surface area (Å²) >= 11 is 0. The fraction of sp³-hybridized carbons (Fsp3) is 0.167. The number of urea groups is 1. The van der Waals surface area contributed by atoms with Gasteiger partial charge in [0, 0.05) is 0 Å². The topological polar surface area (TPSA) is 184 Å². The molecule has 1 saturated heterocycles. The van der Waals surface area contributed by atoms with E-state index in [0.717, 1.165) is 11.1 Å². The lowest BCUT2D eigenvalue weighted by Gasteiger charge is -2.09. The predicted molar refractivity (Wildman–Crippen MR) is 108 cm³/mol. The van der Waals surface area contributed by atoms with Crippen molar-refractivity contribution in [3.05, 3.63) is 59.7 Å². The summed E-state index contributed by atoms with van der Waals surface area (Å²) < 4.78 is 59.1. The summed E-state index contributed by atoms with van der Waals surface area (Å²) in [4.78, 5) is 30.7. The molecule has 3 rings (SSSR count). The SMILES string of the molecule is Cc1ccc(S(=O)(=O)O)cc1.Cc1ccc(S(=O)(=O)O)cc1.O=C1CC(=O)NC(=O)N1. The Bertz CT molecular complexity index is 1040. The van der Waals surface area contributed by atoms with Gasteiger partial charge in [-0.25, -0.2) is 4.79 Å². The first-order valence-corrected chi connectivity index (χ1v) is 11.3. The molecular weight excluding hydrogens is 452 g/mol. The molecule has 2 aromatic carbocycles. The molecule has 0 atom stereocenters. The number of barbiturate groups is 1. The molecule has 4 amide bonds. The standard InChI is InChI=1S/2C7H8O3S.C4H4N2O3/c2*1-6-2-4-7(5-3-6)11(8,9)10;7-2-1-3(8)6-4(9)5-2/h2*2-5H,1H3,(H,8,9,10);1H2,(H2,5,6,7,8,9). The van der Waals surface area contributed by atoms with Gasteiger partial charge in [-0.2, -0.15) is 16.8 Å². The molecule has 31 heavy (non-hydrogen) atoms. The highest BCUT2D eigenvalue weighted by molar-refractivity contribution is 7.86. The average molecular weight is 472 g/mol. The molecular formula is C18H20N2O9S2. The second-order valence-corrected chi connectivity index (χ2v) is 9.02. The third-order valence-electron chi connectivity index (χ3n) is 3.46. The first-order valence-electron chi connectivity index (χ1n) is 8.40. The van der Waals surface area contributed by atoms with Crippen molar-refractivity contribution in [2.75, 3.05) is 0 Å². The lowest BCUT2D eigenvalue weighted by Crippen LogP contribution is -2.49. The largest absolute Gasteiger partial charge is 0.328 e. The quantitative estimate of drug-likeness (QED) is 0.368. The first-order chi connectivity index (χ1) is 14.2. The summed E-state index contributed by atoms with van der Waals surface area (Å²) in [6.45, 7) is 3.68. The Morgan fingerprint density at radius 1 is 0.645 bits per heavy atom. The van der Waals surface area contributed by atoms with E-state index in [9.17, 15) is 31.2 Å². The number of carbonyl (C=O) groups excluding carboxylic acids is 3. The van der Waals surface area contributed by atoms with Gasteiger partial charge in [0.1, 0.15) is 6.42 Å². The third kappa shape index (κ3) is 9.95. The summed E-state index contributed by atoms with van der Waals surface area (Å²) in [5, 5.41) is 3.80. The number of hydrogen-bond donors (Lipinski definition) is 4.